The fourth-order valence-electron chi connectivity index (χ4n) is 4.43. The number of rotatable bonds is 8. The summed E-state index contributed by atoms with van der Waals surface area (Å²) >= 11 is 1.30. The first-order chi connectivity index (χ1) is 18.4. The number of carbonyl (C=O) groups is 2. The van der Waals surface area contributed by atoms with Crippen LogP contribution in [0.15, 0.2) is 72.3 Å². The van der Waals surface area contributed by atoms with Gasteiger partial charge in [-0.15, -0.1) is 0 Å². The Morgan fingerprint density at radius 3 is 2.37 bits per heavy atom. The molecule has 2 heterocycles. The highest BCUT2D eigenvalue weighted by Gasteiger charge is 2.48. The molecule has 1 N–H and O–H groups in total. The van der Waals surface area contributed by atoms with Gasteiger partial charge in [0, 0.05) is 5.56 Å². The molecule has 0 aliphatic carbocycles. The highest BCUT2D eigenvalue weighted by Crippen LogP contribution is 2.45. The first-order valence-corrected chi connectivity index (χ1v) is 13.4. The van der Waals surface area contributed by atoms with Crippen molar-refractivity contribution in [3.63, 3.8) is 0 Å². The third-order valence-electron chi connectivity index (χ3n) is 6.30. The van der Waals surface area contributed by atoms with Crippen molar-refractivity contribution in [2.45, 2.75) is 33.2 Å². The van der Waals surface area contributed by atoms with Crippen molar-refractivity contribution in [3.8, 4) is 11.5 Å². The van der Waals surface area contributed by atoms with E-state index in [1.54, 1.807) is 12.1 Å². The summed E-state index contributed by atoms with van der Waals surface area (Å²) in [5.41, 5.74) is 2.86. The minimum atomic E-state index is -0.858. The second kappa shape index (κ2) is 10.7. The molecule has 3 aromatic carbocycles. The lowest BCUT2D eigenvalue weighted by Gasteiger charge is -2.23. The van der Waals surface area contributed by atoms with Crippen LogP contribution in [0.1, 0.15) is 43.0 Å². The average Bonchev–Trinajstić information content (AvgIpc) is 3.45. The Hall–Kier alpha value is -4.17. The SMILES string of the molecule is CCCOc1ccc(C2/C(=C(\O)c3ccc(C)cc3)C(=O)C(=O)N2c2nc3ccc(OCC)cc3s2)cc1. The van der Waals surface area contributed by atoms with Gasteiger partial charge >= 0.3 is 5.91 Å². The summed E-state index contributed by atoms with van der Waals surface area (Å²) in [7, 11) is 0. The van der Waals surface area contributed by atoms with Crippen molar-refractivity contribution < 1.29 is 24.2 Å². The van der Waals surface area contributed by atoms with E-state index in [0.29, 0.717) is 46.5 Å². The molecule has 0 bridgehead atoms. The van der Waals surface area contributed by atoms with E-state index in [1.165, 1.54) is 16.2 Å². The summed E-state index contributed by atoms with van der Waals surface area (Å²) in [6.07, 6.45) is 0.876. The van der Waals surface area contributed by atoms with E-state index >= 15 is 0 Å². The zero-order valence-corrected chi connectivity index (χ0v) is 22.2. The van der Waals surface area contributed by atoms with Crippen LogP contribution < -0.4 is 14.4 Å². The summed E-state index contributed by atoms with van der Waals surface area (Å²) in [6, 6.07) is 19.1. The molecule has 1 fully saturated rings. The van der Waals surface area contributed by atoms with Crippen LogP contribution >= 0.6 is 11.3 Å². The number of carbonyl (C=O) groups excluding carboxylic acids is 2. The lowest BCUT2D eigenvalue weighted by molar-refractivity contribution is -0.132. The highest BCUT2D eigenvalue weighted by atomic mass is 32.1. The Labute approximate surface area is 225 Å². The number of thiazole rings is 1. The van der Waals surface area contributed by atoms with E-state index in [2.05, 4.69) is 4.98 Å². The van der Waals surface area contributed by atoms with Gasteiger partial charge in [-0.1, -0.05) is 60.2 Å². The van der Waals surface area contributed by atoms with Crippen LogP contribution in [0.2, 0.25) is 0 Å². The number of ketones is 1. The summed E-state index contributed by atoms with van der Waals surface area (Å²) in [6.45, 7) is 7.00. The van der Waals surface area contributed by atoms with Crippen LogP contribution in [0.3, 0.4) is 0 Å². The molecule has 0 radical (unpaired) electrons. The predicted octanol–water partition coefficient (Wildman–Crippen LogP) is 6.42. The minimum absolute atomic E-state index is 0.0235. The van der Waals surface area contributed by atoms with Crippen molar-refractivity contribution in [1.82, 2.24) is 4.98 Å². The zero-order valence-electron chi connectivity index (χ0n) is 21.4. The third-order valence-corrected chi connectivity index (χ3v) is 7.32. The summed E-state index contributed by atoms with van der Waals surface area (Å²) in [5.74, 6) is -0.319. The number of aryl methyl sites for hydroxylation is 1. The minimum Gasteiger partial charge on any atom is -0.507 e. The van der Waals surface area contributed by atoms with Crippen molar-refractivity contribution in [3.05, 3.63) is 89.0 Å². The number of amides is 1. The first kappa shape index (κ1) is 25.5. The molecule has 0 saturated carbocycles. The Morgan fingerprint density at radius 2 is 1.68 bits per heavy atom. The van der Waals surface area contributed by atoms with Crippen LogP contribution in [-0.2, 0) is 9.59 Å². The molecule has 7 nitrogen and oxygen atoms in total. The number of hydrogen-bond donors (Lipinski definition) is 1. The third kappa shape index (κ3) is 4.75. The van der Waals surface area contributed by atoms with Gasteiger partial charge < -0.3 is 14.6 Å². The maximum absolute atomic E-state index is 13.5. The number of Topliss-reactive ketones (excluding diaryl/α,β-unsaturated/α-hetero) is 1. The highest BCUT2D eigenvalue weighted by molar-refractivity contribution is 7.22. The number of benzene rings is 3. The summed E-state index contributed by atoms with van der Waals surface area (Å²) < 4.78 is 12.2. The lowest BCUT2D eigenvalue weighted by atomic mass is 9.95. The van der Waals surface area contributed by atoms with E-state index in [9.17, 15) is 14.7 Å². The van der Waals surface area contributed by atoms with Gasteiger partial charge in [-0.25, -0.2) is 4.98 Å². The van der Waals surface area contributed by atoms with Crippen molar-refractivity contribution >= 4 is 44.1 Å². The molecule has 1 aliphatic rings. The number of aromatic nitrogens is 1. The second-order valence-electron chi connectivity index (χ2n) is 9.01. The molecule has 1 aromatic heterocycles. The number of nitrogens with zero attached hydrogens (tertiary/aromatic N) is 2. The van der Waals surface area contributed by atoms with Gasteiger partial charge in [0.15, 0.2) is 5.13 Å². The van der Waals surface area contributed by atoms with Gasteiger partial charge in [-0.3, -0.25) is 14.5 Å². The number of hydrogen-bond acceptors (Lipinski definition) is 7. The molecule has 194 valence electrons. The fourth-order valence-corrected chi connectivity index (χ4v) is 5.45. The van der Waals surface area contributed by atoms with Gasteiger partial charge in [0.05, 0.1) is 35.0 Å². The van der Waals surface area contributed by atoms with Crippen LogP contribution in [-0.4, -0.2) is 35.0 Å². The Balaban J connectivity index is 1.65. The molecule has 0 spiro atoms. The largest absolute Gasteiger partial charge is 0.507 e. The van der Waals surface area contributed by atoms with Crippen molar-refractivity contribution in [1.29, 1.82) is 0 Å². The molecule has 4 aromatic rings. The average molecular weight is 529 g/mol. The predicted molar refractivity (Wildman–Crippen MR) is 149 cm³/mol. The van der Waals surface area contributed by atoms with Gasteiger partial charge in [0.1, 0.15) is 17.3 Å². The fraction of sp³-hybridized carbons (Fsp3) is 0.233. The molecule has 1 aliphatic heterocycles. The molecule has 5 rings (SSSR count). The number of anilines is 1. The van der Waals surface area contributed by atoms with E-state index in [1.807, 2.05) is 75.4 Å². The summed E-state index contributed by atoms with van der Waals surface area (Å²) in [5, 5.41) is 11.7. The van der Waals surface area contributed by atoms with E-state index in [-0.39, 0.29) is 11.3 Å². The molecule has 1 unspecified atom stereocenters. The first-order valence-electron chi connectivity index (χ1n) is 12.6. The molecule has 8 heteroatoms. The Kier molecular flexibility index (Phi) is 7.15. The standard InChI is InChI=1S/C30H28N2O5S/c1-4-16-37-21-12-10-19(11-13-21)26-25(27(33)20-8-6-18(3)7-9-20)28(34)29(35)32(26)30-31-23-15-14-22(36-5-2)17-24(23)38-30/h6-15,17,26,33H,4-5,16H2,1-3H3/b27-25+. The zero-order chi connectivity index (χ0) is 26.8. The van der Waals surface area contributed by atoms with E-state index < -0.39 is 17.7 Å². The van der Waals surface area contributed by atoms with Gasteiger partial charge in [-0.2, -0.15) is 0 Å². The van der Waals surface area contributed by atoms with E-state index in [0.717, 1.165) is 16.7 Å². The van der Waals surface area contributed by atoms with Crippen molar-refractivity contribution in [2.75, 3.05) is 18.1 Å². The maximum atomic E-state index is 13.5. The second-order valence-corrected chi connectivity index (χ2v) is 10.0. The number of aliphatic hydroxyl groups excluding tert-OH is 1. The van der Waals surface area contributed by atoms with Gasteiger partial charge in [0.25, 0.3) is 5.78 Å². The van der Waals surface area contributed by atoms with Crippen LogP contribution in [0, 0.1) is 6.92 Å². The molecular formula is C30H28N2O5S. The van der Waals surface area contributed by atoms with Crippen molar-refractivity contribution in [2.24, 2.45) is 0 Å². The number of aliphatic hydroxyl groups is 1. The topological polar surface area (TPSA) is 89.0 Å². The molecule has 1 amide bonds. The maximum Gasteiger partial charge on any atom is 0.301 e. The summed E-state index contributed by atoms with van der Waals surface area (Å²) in [4.78, 5) is 33.0. The van der Waals surface area contributed by atoms with Crippen LogP contribution in [0.4, 0.5) is 5.13 Å². The Bertz CT molecular complexity index is 1520. The van der Waals surface area contributed by atoms with Crippen LogP contribution in [0.5, 0.6) is 11.5 Å². The lowest BCUT2D eigenvalue weighted by Crippen LogP contribution is -2.29. The molecule has 1 atom stereocenters. The van der Waals surface area contributed by atoms with E-state index in [4.69, 9.17) is 9.47 Å². The molecular weight excluding hydrogens is 500 g/mol. The number of ether oxygens (including phenoxy) is 2. The normalized spacial score (nSPS) is 16.8. The Morgan fingerprint density at radius 1 is 0.974 bits per heavy atom. The quantitative estimate of drug-likeness (QED) is 0.161. The number of fused-ring (bicyclic) bond motifs is 1. The van der Waals surface area contributed by atoms with Gasteiger partial charge in [0.2, 0.25) is 0 Å². The van der Waals surface area contributed by atoms with Gasteiger partial charge in [-0.05, 0) is 56.2 Å². The molecule has 1 saturated heterocycles. The monoisotopic (exact) mass is 528 g/mol. The molecule has 38 heavy (non-hydrogen) atoms. The smallest absolute Gasteiger partial charge is 0.301 e. The van der Waals surface area contributed by atoms with Crippen LogP contribution in [0.25, 0.3) is 16.0 Å².